The summed E-state index contributed by atoms with van der Waals surface area (Å²) in [7, 11) is 0. The summed E-state index contributed by atoms with van der Waals surface area (Å²) in [5.74, 6) is 0.0632. The van der Waals surface area contributed by atoms with E-state index >= 15 is 0 Å². The highest BCUT2D eigenvalue weighted by molar-refractivity contribution is 5.99. The lowest BCUT2D eigenvalue weighted by Gasteiger charge is -2.14. The zero-order valence-corrected chi connectivity index (χ0v) is 10.7. The zero-order chi connectivity index (χ0) is 12.8. The average Bonchev–Trinajstić information content (AvgIpc) is 2.35. The van der Waals surface area contributed by atoms with E-state index in [4.69, 9.17) is 5.11 Å². The van der Waals surface area contributed by atoms with Crippen molar-refractivity contribution < 1.29 is 9.90 Å². The standard InChI is InChI=1S/C14H21NO2/c1-4-12-5-7-13(8-6-12)14(17)11(3)15-9-10(2)16/h5-8,10-11,15-16H,4,9H2,1-3H3. The Bertz CT molecular complexity index is 357. The zero-order valence-electron chi connectivity index (χ0n) is 10.7. The summed E-state index contributed by atoms with van der Waals surface area (Å²) < 4.78 is 0. The molecule has 2 atom stereocenters. The number of nitrogens with one attached hydrogen (secondary N) is 1. The Hall–Kier alpha value is -1.19. The molecular formula is C14H21NO2. The van der Waals surface area contributed by atoms with E-state index in [1.165, 1.54) is 5.56 Å². The maximum atomic E-state index is 12.0. The summed E-state index contributed by atoms with van der Waals surface area (Å²) in [5, 5.41) is 12.2. The quantitative estimate of drug-likeness (QED) is 0.739. The van der Waals surface area contributed by atoms with Crippen molar-refractivity contribution in [1.82, 2.24) is 5.32 Å². The monoisotopic (exact) mass is 235 g/mol. The van der Waals surface area contributed by atoms with Gasteiger partial charge >= 0.3 is 0 Å². The molecule has 0 fully saturated rings. The Morgan fingerprint density at radius 1 is 1.29 bits per heavy atom. The molecular weight excluding hydrogens is 214 g/mol. The van der Waals surface area contributed by atoms with Crippen molar-refractivity contribution in [3.05, 3.63) is 35.4 Å². The minimum Gasteiger partial charge on any atom is -0.392 e. The fourth-order valence-corrected chi connectivity index (χ4v) is 1.59. The SMILES string of the molecule is CCc1ccc(C(=O)C(C)NCC(C)O)cc1. The van der Waals surface area contributed by atoms with Crippen molar-refractivity contribution in [2.75, 3.05) is 6.54 Å². The number of Topliss-reactive ketones (excluding diaryl/α,β-unsaturated/α-hetero) is 1. The molecule has 0 saturated carbocycles. The minimum absolute atomic E-state index is 0.0632. The summed E-state index contributed by atoms with van der Waals surface area (Å²) in [6, 6.07) is 7.42. The molecule has 1 aromatic rings. The van der Waals surface area contributed by atoms with E-state index in [1.807, 2.05) is 31.2 Å². The van der Waals surface area contributed by atoms with Crippen LogP contribution in [-0.4, -0.2) is 29.6 Å². The number of hydrogen-bond donors (Lipinski definition) is 2. The molecule has 0 radical (unpaired) electrons. The number of benzene rings is 1. The van der Waals surface area contributed by atoms with E-state index in [2.05, 4.69) is 12.2 Å². The van der Waals surface area contributed by atoms with E-state index in [-0.39, 0.29) is 11.8 Å². The van der Waals surface area contributed by atoms with Crippen LogP contribution >= 0.6 is 0 Å². The predicted octanol–water partition coefficient (Wildman–Crippen LogP) is 1.79. The molecule has 3 heteroatoms. The van der Waals surface area contributed by atoms with Crippen LogP contribution in [0.1, 0.15) is 36.7 Å². The molecule has 0 spiro atoms. The van der Waals surface area contributed by atoms with Gasteiger partial charge in [0.1, 0.15) is 0 Å². The first-order chi connectivity index (χ1) is 8.04. The molecule has 0 heterocycles. The number of aliphatic hydroxyl groups is 1. The van der Waals surface area contributed by atoms with Gasteiger partial charge in [0.15, 0.2) is 5.78 Å². The van der Waals surface area contributed by atoms with E-state index in [0.29, 0.717) is 12.1 Å². The molecule has 0 aliphatic carbocycles. The van der Waals surface area contributed by atoms with Crippen molar-refractivity contribution >= 4 is 5.78 Å². The second kappa shape index (κ2) is 6.52. The first kappa shape index (κ1) is 13.9. The van der Waals surface area contributed by atoms with Crippen LogP contribution in [-0.2, 0) is 6.42 Å². The number of hydrogen-bond acceptors (Lipinski definition) is 3. The van der Waals surface area contributed by atoms with Crippen LogP contribution in [0.5, 0.6) is 0 Å². The molecule has 0 aromatic heterocycles. The van der Waals surface area contributed by atoms with Crippen molar-refractivity contribution in [1.29, 1.82) is 0 Å². The third kappa shape index (κ3) is 4.29. The van der Waals surface area contributed by atoms with Crippen LogP contribution < -0.4 is 5.32 Å². The lowest BCUT2D eigenvalue weighted by atomic mass is 10.0. The fraction of sp³-hybridized carbons (Fsp3) is 0.500. The van der Waals surface area contributed by atoms with Gasteiger partial charge < -0.3 is 10.4 Å². The number of aliphatic hydroxyl groups excluding tert-OH is 1. The van der Waals surface area contributed by atoms with Gasteiger partial charge in [0.2, 0.25) is 0 Å². The first-order valence-electron chi connectivity index (χ1n) is 6.09. The van der Waals surface area contributed by atoms with Crippen molar-refractivity contribution in [3.8, 4) is 0 Å². The molecule has 1 rings (SSSR count). The lowest BCUT2D eigenvalue weighted by Crippen LogP contribution is -2.38. The molecule has 94 valence electrons. The Balaban J connectivity index is 2.61. The summed E-state index contributed by atoms with van der Waals surface area (Å²) in [5.41, 5.74) is 1.94. The molecule has 0 amide bonds. The third-order valence-corrected chi connectivity index (χ3v) is 2.76. The van der Waals surface area contributed by atoms with E-state index in [0.717, 1.165) is 6.42 Å². The Morgan fingerprint density at radius 3 is 2.35 bits per heavy atom. The van der Waals surface area contributed by atoms with Gasteiger partial charge in [-0.3, -0.25) is 4.79 Å². The molecule has 0 aliphatic heterocycles. The molecule has 0 aliphatic rings. The maximum Gasteiger partial charge on any atom is 0.179 e. The Morgan fingerprint density at radius 2 is 1.88 bits per heavy atom. The lowest BCUT2D eigenvalue weighted by molar-refractivity contribution is 0.0941. The molecule has 0 bridgehead atoms. The summed E-state index contributed by atoms with van der Waals surface area (Å²) in [6.45, 7) is 6.03. The molecule has 2 N–H and O–H groups in total. The van der Waals surface area contributed by atoms with Gasteiger partial charge in [-0.25, -0.2) is 0 Å². The second-order valence-corrected chi connectivity index (χ2v) is 4.39. The first-order valence-corrected chi connectivity index (χ1v) is 6.09. The highest BCUT2D eigenvalue weighted by Crippen LogP contribution is 2.07. The van der Waals surface area contributed by atoms with Gasteiger partial charge in [0, 0.05) is 12.1 Å². The third-order valence-electron chi connectivity index (χ3n) is 2.76. The highest BCUT2D eigenvalue weighted by atomic mass is 16.3. The van der Waals surface area contributed by atoms with Gasteiger partial charge in [-0.05, 0) is 25.8 Å². The van der Waals surface area contributed by atoms with Crippen LogP contribution in [0.4, 0.5) is 0 Å². The fourth-order valence-electron chi connectivity index (χ4n) is 1.59. The van der Waals surface area contributed by atoms with Crippen LogP contribution in [0.15, 0.2) is 24.3 Å². The molecule has 0 saturated heterocycles. The van der Waals surface area contributed by atoms with Gasteiger partial charge in [0.05, 0.1) is 12.1 Å². The van der Waals surface area contributed by atoms with Crippen molar-refractivity contribution in [2.45, 2.75) is 39.3 Å². The molecule has 2 unspecified atom stereocenters. The number of rotatable bonds is 6. The van der Waals surface area contributed by atoms with E-state index < -0.39 is 6.10 Å². The normalized spacial score (nSPS) is 14.4. The summed E-state index contributed by atoms with van der Waals surface area (Å²) >= 11 is 0. The Labute approximate surface area is 103 Å². The van der Waals surface area contributed by atoms with Gasteiger partial charge in [-0.15, -0.1) is 0 Å². The van der Waals surface area contributed by atoms with Crippen LogP contribution in [0.25, 0.3) is 0 Å². The van der Waals surface area contributed by atoms with Crippen LogP contribution in [0.2, 0.25) is 0 Å². The molecule has 1 aromatic carbocycles. The summed E-state index contributed by atoms with van der Waals surface area (Å²) in [6.07, 6.45) is 0.539. The van der Waals surface area contributed by atoms with Gasteiger partial charge in [-0.1, -0.05) is 31.2 Å². The minimum atomic E-state index is -0.437. The molecule has 3 nitrogen and oxygen atoms in total. The smallest absolute Gasteiger partial charge is 0.179 e. The molecule has 17 heavy (non-hydrogen) atoms. The highest BCUT2D eigenvalue weighted by Gasteiger charge is 2.14. The largest absolute Gasteiger partial charge is 0.392 e. The van der Waals surface area contributed by atoms with E-state index in [1.54, 1.807) is 6.92 Å². The van der Waals surface area contributed by atoms with Crippen molar-refractivity contribution in [2.24, 2.45) is 0 Å². The number of carbonyl (C=O) groups excluding carboxylic acids is 1. The van der Waals surface area contributed by atoms with Crippen molar-refractivity contribution in [3.63, 3.8) is 0 Å². The van der Waals surface area contributed by atoms with Gasteiger partial charge in [0.25, 0.3) is 0 Å². The summed E-state index contributed by atoms with van der Waals surface area (Å²) in [4.78, 5) is 12.0. The predicted molar refractivity (Wildman–Crippen MR) is 69.3 cm³/mol. The van der Waals surface area contributed by atoms with Crippen LogP contribution in [0.3, 0.4) is 0 Å². The van der Waals surface area contributed by atoms with E-state index in [9.17, 15) is 4.79 Å². The Kier molecular flexibility index (Phi) is 5.32. The van der Waals surface area contributed by atoms with Gasteiger partial charge in [-0.2, -0.15) is 0 Å². The maximum absolute atomic E-state index is 12.0. The number of ketones is 1. The number of carbonyl (C=O) groups is 1. The second-order valence-electron chi connectivity index (χ2n) is 4.39. The van der Waals surface area contributed by atoms with Crippen LogP contribution in [0, 0.1) is 0 Å². The topological polar surface area (TPSA) is 49.3 Å². The average molecular weight is 235 g/mol. The number of aryl methyl sites for hydroxylation is 1.